The molecule has 1 aliphatic rings. The van der Waals surface area contributed by atoms with Crippen LogP contribution in [-0.4, -0.2) is 35.8 Å². The molecule has 2 heterocycles. The molecule has 2 aromatic heterocycles. The fourth-order valence-electron chi connectivity index (χ4n) is 3.75. The number of hydrogen-bond acceptors (Lipinski definition) is 7. The van der Waals surface area contributed by atoms with E-state index in [0.29, 0.717) is 40.9 Å². The first-order valence-electron chi connectivity index (χ1n) is 10.2. The minimum absolute atomic E-state index is 0.0359. The number of fused-ring (bicyclic) bond motifs is 3. The Balaban J connectivity index is 1.31. The van der Waals surface area contributed by atoms with Crippen LogP contribution in [0.25, 0.3) is 10.2 Å². The van der Waals surface area contributed by atoms with E-state index < -0.39 is 0 Å². The van der Waals surface area contributed by atoms with E-state index in [1.165, 1.54) is 16.9 Å². The van der Waals surface area contributed by atoms with Crippen molar-refractivity contribution in [2.75, 3.05) is 25.3 Å². The molecule has 0 aliphatic heterocycles. The van der Waals surface area contributed by atoms with Crippen LogP contribution in [0.1, 0.15) is 35.5 Å². The van der Waals surface area contributed by atoms with Gasteiger partial charge < -0.3 is 19.8 Å². The molecule has 1 aromatic carbocycles. The number of H-pyrrole nitrogens is 1. The molecule has 0 fully saturated rings. The fourth-order valence-corrected chi connectivity index (χ4v) is 5.83. The van der Waals surface area contributed by atoms with Gasteiger partial charge in [-0.25, -0.2) is 4.98 Å². The van der Waals surface area contributed by atoms with E-state index in [4.69, 9.17) is 9.47 Å². The number of hydrogen-bond donors (Lipinski definition) is 2. The molecule has 7 nitrogen and oxygen atoms in total. The number of nitrogens with zero attached hydrogens (tertiary/aromatic N) is 1. The van der Waals surface area contributed by atoms with E-state index in [9.17, 15) is 9.59 Å². The summed E-state index contributed by atoms with van der Waals surface area (Å²) in [4.78, 5) is 34.6. The van der Waals surface area contributed by atoms with E-state index in [1.807, 2.05) is 0 Å². The molecule has 2 N–H and O–H groups in total. The Labute approximate surface area is 188 Å². The topological polar surface area (TPSA) is 93.3 Å². The molecule has 4 rings (SSSR count). The number of carbonyl (C=O) groups excluding carboxylic acids is 1. The minimum Gasteiger partial charge on any atom is -0.493 e. The van der Waals surface area contributed by atoms with Crippen molar-refractivity contribution in [1.29, 1.82) is 0 Å². The van der Waals surface area contributed by atoms with E-state index in [2.05, 4.69) is 15.3 Å². The van der Waals surface area contributed by atoms with E-state index in [0.717, 1.165) is 29.5 Å². The number of aromatic nitrogens is 2. The lowest BCUT2D eigenvalue weighted by atomic mass is 9.97. The zero-order valence-electron chi connectivity index (χ0n) is 17.6. The summed E-state index contributed by atoms with van der Waals surface area (Å²) in [6.45, 7) is 0. The van der Waals surface area contributed by atoms with Gasteiger partial charge in [0.25, 0.3) is 5.56 Å². The third kappa shape index (κ3) is 4.88. The van der Waals surface area contributed by atoms with Gasteiger partial charge in [-0.05, 0) is 43.4 Å². The van der Waals surface area contributed by atoms with Gasteiger partial charge in [0.2, 0.25) is 5.91 Å². The Morgan fingerprint density at radius 1 is 1.23 bits per heavy atom. The third-order valence-corrected chi connectivity index (χ3v) is 7.41. The van der Waals surface area contributed by atoms with Gasteiger partial charge in [-0.3, -0.25) is 9.59 Å². The zero-order valence-corrected chi connectivity index (χ0v) is 19.2. The number of benzene rings is 1. The number of methoxy groups -OCH3 is 2. The zero-order chi connectivity index (χ0) is 21.8. The van der Waals surface area contributed by atoms with Crippen LogP contribution in [0, 0.1) is 0 Å². The first kappa shape index (κ1) is 21.7. The van der Waals surface area contributed by atoms with Crippen LogP contribution >= 0.6 is 23.1 Å². The number of aromatic amines is 1. The monoisotopic (exact) mass is 459 g/mol. The highest BCUT2D eigenvalue weighted by molar-refractivity contribution is 7.98. The molecule has 1 amide bonds. The molecule has 0 bridgehead atoms. The van der Waals surface area contributed by atoms with Crippen molar-refractivity contribution in [2.45, 2.75) is 37.9 Å². The lowest BCUT2D eigenvalue weighted by molar-refractivity contribution is -0.115. The smallest absolute Gasteiger partial charge is 0.259 e. The molecule has 9 heteroatoms. The number of carbonyl (C=O) groups is 1. The molecule has 0 saturated carbocycles. The summed E-state index contributed by atoms with van der Waals surface area (Å²) in [7, 11) is 3.13. The molecular formula is C22H25N3O4S2. The number of thiophene rings is 1. The Kier molecular flexibility index (Phi) is 6.82. The minimum atomic E-state index is -0.0810. The highest BCUT2D eigenvalue weighted by Gasteiger charge is 2.19. The van der Waals surface area contributed by atoms with E-state index in [1.54, 1.807) is 55.5 Å². The number of amides is 1. The summed E-state index contributed by atoms with van der Waals surface area (Å²) in [6.07, 6.45) is 4.71. The number of thioether (sulfide) groups is 1. The molecule has 3 aromatic rings. The fraction of sp³-hybridized carbons (Fsp3) is 0.409. The first-order chi connectivity index (χ1) is 15.1. The predicted molar refractivity (Wildman–Crippen MR) is 126 cm³/mol. The average Bonchev–Trinajstić information content (AvgIpc) is 3.15. The highest BCUT2D eigenvalue weighted by atomic mass is 32.2. The molecule has 31 heavy (non-hydrogen) atoms. The molecule has 1 aliphatic carbocycles. The average molecular weight is 460 g/mol. The highest BCUT2D eigenvalue weighted by Crippen LogP contribution is 2.33. The SMILES string of the molecule is COc1ccc(NC(=O)CCSCc2nc3sc4c(c3c(=O)[nH]2)CCCC4)cc1OC. The van der Waals surface area contributed by atoms with Crippen molar-refractivity contribution < 1.29 is 14.3 Å². The van der Waals surface area contributed by atoms with Crippen molar-refractivity contribution in [3.63, 3.8) is 0 Å². The normalized spacial score (nSPS) is 13.1. The first-order valence-corrected chi connectivity index (χ1v) is 12.2. The second-order valence-electron chi connectivity index (χ2n) is 7.32. The summed E-state index contributed by atoms with van der Waals surface area (Å²) in [6, 6.07) is 5.26. The molecule has 164 valence electrons. The van der Waals surface area contributed by atoms with E-state index >= 15 is 0 Å². The number of nitrogens with one attached hydrogen (secondary N) is 2. The van der Waals surface area contributed by atoms with Crippen molar-refractivity contribution >= 4 is 44.9 Å². The van der Waals surface area contributed by atoms with Crippen LogP contribution in [-0.2, 0) is 23.4 Å². The molecule has 0 atom stereocenters. The van der Waals surface area contributed by atoms with Crippen LogP contribution in [0.3, 0.4) is 0 Å². The summed E-state index contributed by atoms with van der Waals surface area (Å²) in [5, 5.41) is 3.65. The maximum absolute atomic E-state index is 12.6. The number of aryl methyl sites for hydroxylation is 2. The number of rotatable bonds is 8. The van der Waals surface area contributed by atoms with Gasteiger partial charge >= 0.3 is 0 Å². The second-order valence-corrected chi connectivity index (χ2v) is 9.51. The Bertz CT molecular complexity index is 1160. The van der Waals surface area contributed by atoms with Gasteiger partial charge in [0.15, 0.2) is 11.5 Å². The van der Waals surface area contributed by atoms with Crippen molar-refractivity contribution in [3.8, 4) is 11.5 Å². The van der Waals surface area contributed by atoms with Gasteiger partial charge in [0, 0.05) is 28.8 Å². The van der Waals surface area contributed by atoms with Gasteiger partial charge in [0.05, 0.1) is 25.4 Å². The van der Waals surface area contributed by atoms with Crippen molar-refractivity contribution in [2.24, 2.45) is 0 Å². The summed E-state index contributed by atoms with van der Waals surface area (Å²) < 4.78 is 10.5. The Morgan fingerprint density at radius 2 is 2.03 bits per heavy atom. The number of ether oxygens (including phenoxy) is 2. The molecule has 0 unspecified atom stereocenters. The standard InChI is InChI=1S/C22H25N3O4S2/c1-28-15-8-7-13(11-16(15)29-2)23-19(26)9-10-30-12-18-24-21(27)20-14-5-3-4-6-17(14)31-22(20)25-18/h7-8,11H,3-6,9-10,12H2,1-2H3,(H,23,26)(H,24,25,27). The summed E-state index contributed by atoms with van der Waals surface area (Å²) >= 11 is 3.23. The summed E-state index contributed by atoms with van der Waals surface area (Å²) in [5.41, 5.74) is 1.82. The largest absolute Gasteiger partial charge is 0.493 e. The maximum Gasteiger partial charge on any atom is 0.259 e. The van der Waals surface area contributed by atoms with Crippen molar-refractivity contribution in [3.05, 3.63) is 44.8 Å². The lowest BCUT2D eigenvalue weighted by Crippen LogP contribution is -2.13. The summed E-state index contributed by atoms with van der Waals surface area (Å²) in [5.74, 6) is 2.96. The van der Waals surface area contributed by atoms with Crippen LogP contribution in [0.15, 0.2) is 23.0 Å². The third-order valence-electron chi connectivity index (χ3n) is 5.25. The second kappa shape index (κ2) is 9.74. The van der Waals surface area contributed by atoms with Crippen LogP contribution in [0.5, 0.6) is 11.5 Å². The van der Waals surface area contributed by atoms with Crippen molar-refractivity contribution in [1.82, 2.24) is 9.97 Å². The Morgan fingerprint density at radius 3 is 2.84 bits per heavy atom. The molecule has 0 radical (unpaired) electrons. The molecule has 0 spiro atoms. The molecular weight excluding hydrogens is 434 g/mol. The van der Waals surface area contributed by atoms with Gasteiger partial charge in [-0.1, -0.05) is 0 Å². The number of anilines is 1. The van der Waals surface area contributed by atoms with Crippen LogP contribution in [0.2, 0.25) is 0 Å². The lowest BCUT2D eigenvalue weighted by Gasteiger charge is -2.10. The van der Waals surface area contributed by atoms with Gasteiger partial charge in [-0.15, -0.1) is 11.3 Å². The van der Waals surface area contributed by atoms with Crippen LogP contribution < -0.4 is 20.3 Å². The van der Waals surface area contributed by atoms with Gasteiger partial charge in [-0.2, -0.15) is 11.8 Å². The van der Waals surface area contributed by atoms with Gasteiger partial charge in [0.1, 0.15) is 10.7 Å². The molecule has 0 saturated heterocycles. The Hall–Kier alpha value is -2.52. The maximum atomic E-state index is 12.6. The van der Waals surface area contributed by atoms with Crippen LogP contribution in [0.4, 0.5) is 5.69 Å². The van der Waals surface area contributed by atoms with E-state index in [-0.39, 0.29) is 11.5 Å². The quantitative estimate of drug-likeness (QED) is 0.492. The predicted octanol–water partition coefficient (Wildman–Crippen LogP) is 4.14.